The molecular formula is C18H21N3O5S. The Morgan fingerprint density at radius 1 is 1.22 bits per heavy atom. The van der Waals surface area contributed by atoms with Gasteiger partial charge in [-0.05, 0) is 13.8 Å². The molecule has 2 rings (SSSR count). The van der Waals surface area contributed by atoms with Crippen molar-refractivity contribution < 1.29 is 23.6 Å². The van der Waals surface area contributed by atoms with Crippen LogP contribution in [0.3, 0.4) is 0 Å². The lowest BCUT2D eigenvalue weighted by Crippen LogP contribution is -2.41. The number of carbonyl (C=O) groups excluding carboxylic acids is 3. The van der Waals surface area contributed by atoms with Crippen molar-refractivity contribution >= 4 is 29.7 Å². The molecule has 0 fully saturated rings. The fraction of sp³-hybridized carbons (Fsp3) is 0.333. The zero-order valence-corrected chi connectivity index (χ0v) is 16.1. The number of imide groups is 1. The number of carbonyl (C=O) groups is 3. The van der Waals surface area contributed by atoms with Crippen LogP contribution in [0.15, 0.2) is 34.9 Å². The van der Waals surface area contributed by atoms with Crippen LogP contribution in [0.25, 0.3) is 0 Å². The molecular weight excluding hydrogens is 370 g/mol. The first kappa shape index (κ1) is 20.5. The zero-order valence-electron chi connectivity index (χ0n) is 15.3. The second kappa shape index (κ2) is 9.77. The SMILES string of the molecule is CNC(=O)NC(=O)[C@H](OC(=O)CSCc1c(C)noc1C)c1ccccc1. The molecule has 0 aliphatic heterocycles. The van der Waals surface area contributed by atoms with Gasteiger partial charge in [0.25, 0.3) is 5.91 Å². The molecule has 1 atom stereocenters. The van der Waals surface area contributed by atoms with E-state index in [0.717, 1.165) is 11.3 Å². The number of hydrogen-bond acceptors (Lipinski definition) is 7. The minimum absolute atomic E-state index is 0.0423. The van der Waals surface area contributed by atoms with Gasteiger partial charge < -0.3 is 14.6 Å². The first-order valence-electron chi connectivity index (χ1n) is 8.18. The summed E-state index contributed by atoms with van der Waals surface area (Å²) in [5.41, 5.74) is 2.19. The summed E-state index contributed by atoms with van der Waals surface area (Å²) >= 11 is 1.33. The molecule has 0 aliphatic carbocycles. The molecule has 0 saturated heterocycles. The van der Waals surface area contributed by atoms with E-state index >= 15 is 0 Å². The molecule has 3 amide bonds. The van der Waals surface area contributed by atoms with Crippen LogP contribution < -0.4 is 10.6 Å². The molecule has 2 N–H and O–H groups in total. The Balaban J connectivity index is 1.98. The van der Waals surface area contributed by atoms with Crippen molar-refractivity contribution in [1.29, 1.82) is 0 Å². The Labute approximate surface area is 161 Å². The van der Waals surface area contributed by atoms with E-state index in [0.29, 0.717) is 17.1 Å². The van der Waals surface area contributed by atoms with Gasteiger partial charge in [0.15, 0.2) is 0 Å². The lowest BCUT2D eigenvalue weighted by molar-refractivity contribution is -0.153. The van der Waals surface area contributed by atoms with Crippen molar-refractivity contribution in [2.45, 2.75) is 25.7 Å². The van der Waals surface area contributed by atoms with Crippen LogP contribution in [0.5, 0.6) is 0 Å². The van der Waals surface area contributed by atoms with Gasteiger partial charge >= 0.3 is 12.0 Å². The molecule has 9 heteroatoms. The van der Waals surface area contributed by atoms with Crippen molar-refractivity contribution in [1.82, 2.24) is 15.8 Å². The van der Waals surface area contributed by atoms with Crippen molar-refractivity contribution in [3.8, 4) is 0 Å². The lowest BCUT2D eigenvalue weighted by Gasteiger charge is -2.17. The Morgan fingerprint density at radius 3 is 2.52 bits per heavy atom. The van der Waals surface area contributed by atoms with Gasteiger partial charge in [0.05, 0.1) is 11.4 Å². The van der Waals surface area contributed by atoms with Gasteiger partial charge in [0, 0.05) is 23.9 Å². The molecule has 1 aromatic carbocycles. The Hall–Kier alpha value is -2.81. The molecule has 8 nitrogen and oxygen atoms in total. The standard InChI is InChI=1S/C18H21N3O5S/c1-11-14(12(2)26-21-11)9-27-10-15(22)25-16(13-7-5-4-6-8-13)17(23)20-18(24)19-3/h4-8,16H,9-10H2,1-3H3,(H2,19,20,23,24)/t16-/m1/s1. The number of rotatable bonds is 7. The Morgan fingerprint density at radius 2 is 1.93 bits per heavy atom. The van der Waals surface area contributed by atoms with Gasteiger partial charge in [0.1, 0.15) is 5.76 Å². The van der Waals surface area contributed by atoms with Crippen molar-refractivity contribution in [2.24, 2.45) is 0 Å². The normalized spacial score (nSPS) is 11.5. The highest BCUT2D eigenvalue weighted by atomic mass is 32.2. The summed E-state index contributed by atoms with van der Waals surface area (Å²) < 4.78 is 10.4. The molecule has 2 aromatic rings. The summed E-state index contributed by atoms with van der Waals surface area (Å²) in [5.74, 6) is 0.00921. The van der Waals surface area contributed by atoms with Crippen LogP contribution in [-0.2, 0) is 20.1 Å². The van der Waals surface area contributed by atoms with Crippen LogP contribution in [0, 0.1) is 13.8 Å². The summed E-state index contributed by atoms with van der Waals surface area (Å²) in [6.45, 7) is 3.64. The Kier molecular flexibility index (Phi) is 7.42. The van der Waals surface area contributed by atoms with Gasteiger partial charge in [-0.1, -0.05) is 35.5 Å². The number of urea groups is 1. The van der Waals surface area contributed by atoms with Gasteiger partial charge in [-0.15, -0.1) is 11.8 Å². The molecule has 0 unspecified atom stereocenters. The van der Waals surface area contributed by atoms with Crippen molar-refractivity contribution in [3.63, 3.8) is 0 Å². The summed E-state index contributed by atoms with van der Waals surface area (Å²) in [4.78, 5) is 36.0. The summed E-state index contributed by atoms with van der Waals surface area (Å²) in [6.07, 6.45) is -1.21. The molecule has 1 aromatic heterocycles. The summed E-state index contributed by atoms with van der Waals surface area (Å²) in [5, 5.41) is 8.28. The number of thioether (sulfide) groups is 1. The van der Waals surface area contributed by atoms with Gasteiger partial charge in [-0.25, -0.2) is 4.79 Å². The number of aromatic nitrogens is 1. The average molecular weight is 391 g/mol. The van der Waals surface area contributed by atoms with Crippen LogP contribution in [0.4, 0.5) is 4.79 Å². The number of nitrogens with zero attached hydrogens (tertiary/aromatic N) is 1. The number of ether oxygens (including phenoxy) is 1. The topological polar surface area (TPSA) is 111 Å². The Bertz CT molecular complexity index is 787. The van der Waals surface area contributed by atoms with Crippen LogP contribution in [0.2, 0.25) is 0 Å². The molecule has 0 aliphatic rings. The number of hydrogen-bond donors (Lipinski definition) is 2. The molecule has 0 radical (unpaired) electrons. The van der Waals surface area contributed by atoms with Gasteiger partial charge in [-0.2, -0.15) is 0 Å². The fourth-order valence-corrected chi connectivity index (χ4v) is 3.20. The minimum Gasteiger partial charge on any atom is -0.447 e. The average Bonchev–Trinajstić information content (AvgIpc) is 2.98. The maximum Gasteiger partial charge on any atom is 0.321 e. The smallest absolute Gasteiger partial charge is 0.321 e. The summed E-state index contributed by atoms with van der Waals surface area (Å²) in [7, 11) is 1.39. The first-order chi connectivity index (χ1) is 12.9. The highest BCUT2D eigenvalue weighted by Crippen LogP contribution is 2.22. The number of esters is 1. The predicted molar refractivity (Wildman–Crippen MR) is 100 cm³/mol. The van der Waals surface area contributed by atoms with E-state index < -0.39 is 24.0 Å². The fourth-order valence-electron chi connectivity index (χ4n) is 2.25. The van der Waals surface area contributed by atoms with E-state index in [-0.39, 0.29) is 5.75 Å². The van der Waals surface area contributed by atoms with E-state index in [1.54, 1.807) is 30.3 Å². The van der Waals surface area contributed by atoms with E-state index in [1.165, 1.54) is 18.8 Å². The van der Waals surface area contributed by atoms with Gasteiger partial charge in [0.2, 0.25) is 6.10 Å². The lowest BCUT2D eigenvalue weighted by atomic mass is 10.1. The van der Waals surface area contributed by atoms with Crippen LogP contribution in [0.1, 0.15) is 28.7 Å². The van der Waals surface area contributed by atoms with Crippen LogP contribution >= 0.6 is 11.8 Å². The first-order valence-corrected chi connectivity index (χ1v) is 9.34. The number of amides is 3. The molecule has 1 heterocycles. The molecule has 0 saturated carbocycles. The van der Waals surface area contributed by atoms with E-state index in [4.69, 9.17) is 9.26 Å². The predicted octanol–water partition coefficient (Wildman–Crippen LogP) is 2.26. The number of benzene rings is 1. The molecule has 27 heavy (non-hydrogen) atoms. The second-order valence-corrected chi connectivity index (χ2v) is 6.63. The molecule has 0 bridgehead atoms. The molecule has 144 valence electrons. The number of aryl methyl sites for hydroxylation is 2. The van der Waals surface area contributed by atoms with Gasteiger partial charge in [-0.3, -0.25) is 14.9 Å². The monoisotopic (exact) mass is 391 g/mol. The molecule has 0 spiro atoms. The summed E-state index contributed by atoms with van der Waals surface area (Å²) in [6, 6.07) is 7.84. The highest BCUT2D eigenvalue weighted by molar-refractivity contribution is 7.99. The highest BCUT2D eigenvalue weighted by Gasteiger charge is 2.26. The third kappa shape index (κ3) is 5.85. The quantitative estimate of drug-likeness (QED) is 0.697. The third-order valence-electron chi connectivity index (χ3n) is 3.70. The second-order valence-electron chi connectivity index (χ2n) is 5.64. The largest absolute Gasteiger partial charge is 0.447 e. The maximum atomic E-state index is 12.3. The van der Waals surface area contributed by atoms with Crippen molar-refractivity contribution in [3.05, 3.63) is 52.9 Å². The van der Waals surface area contributed by atoms with E-state index in [9.17, 15) is 14.4 Å². The van der Waals surface area contributed by atoms with Crippen LogP contribution in [-0.4, -0.2) is 35.9 Å². The van der Waals surface area contributed by atoms with Crippen molar-refractivity contribution in [2.75, 3.05) is 12.8 Å². The third-order valence-corrected chi connectivity index (χ3v) is 4.63. The minimum atomic E-state index is -1.21. The zero-order chi connectivity index (χ0) is 19.8. The maximum absolute atomic E-state index is 12.3. The van der Waals surface area contributed by atoms with E-state index in [2.05, 4.69) is 15.8 Å². The number of nitrogens with one attached hydrogen (secondary N) is 2. The van der Waals surface area contributed by atoms with E-state index in [1.807, 2.05) is 13.8 Å².